The standard InChI is InChI=1S/C8H10N2O.C7H8N2O.C2H6.2W/c1-3-4-5-6-8-9-7(2)10-11-8;1-3-4-5-7-8-6(2)9-10-7;1-2;;/h5-6H2,1-2H3;1H,4-5H2,2H3;1-2H3;;. The second kappa shape index (κ2) is 19.1. The molecule has 0 aromatic carbocycles. The Balaban J connectivity index is -0.000000329. The number of hydrogen-bond acceptors (Lipinski definition) is 6. The fraction of sp³-hybridized carbons (Fsp3) is 0.529. The second-order valence-electron chi connectivity index (χ2n) is 4.10. The van der Waals surface area contributed by atoms with Crippen LogP contribution in [0.25, 0.3) is 0 Å². The number of nitrogens with zero attached hydrogens (tertiary/aromatic N) is 4. The third-order valence-electron chi connectivity index (χ3n) is 2.26. The van der Waals surface area contributed by atoms with Gasteiger partial charge in [0, 0.05) is 67.8 Å². The Morgan fingerprint density at radius 1 is 0.880 bits per heavy atom. The maximum Gasteiger partial charge on any atom is 0.227 e. The topological polar surface area (TPSA) is 77.8 Å². The van der Waals surface area contributed by atoms with Crippen molar-refractivity contribution in [2.75, 3.05) is 0 Å². The molecule has 0 fully saturated rings. The Morgan fingerprint density at radius 2 is 1.32 bits per heavy atom. The molecule has 2 aromatic heterocycles. The Bertz CT molecular complexity index is 651. The molecule has 0 radical (unpaired) electrons. The molecule has 2 aromatic rings. The van der Waals surface area contributed by atoms with Crippen molar-refractivity contribution in [3.05, 3.63) is 23.4 Å². The van der Waals surface area contributed by atoms with Crippen LogP contribution >= 0.6 is 0 Å². The molecule has 0 amide bonds. The van der Waals surface area contributed by atoms with E-state index in [1.54, 1.807) is 13.8 Å². The minimum atomic E-state index is 0. The molecule has 0 saturated heterocycles. The third kappa shape index (κ3) is 14.8. The first-order chi connectivity index (χ1) is 11.2. The van der Waals surface area contributed by atoms with Gasteiger partial charge in [0.2, 0.25) is 11.8 Å². The van der Waals surface area contributed by atoms with Gasteiger partial charge in [-0.15, -0.1) is 24.2 Å². The van der Waals surface area contributed by atoms with Crippen LogP contribution in [0.1, 0.15) is 57.0 Å². The van der Waals surface area contributed by atoms with Gasteiger partial charge in [-0.3, -0.25) is 0 Å². The van der Waals surface area contributed by atoms with Crippen molar-refractivity contribution in [3.63, 3.8) is 0 Å². The molecule has 0 aliphatic rings. The van der Waals surface area contributed by atoms with Crippen molar-refractivity contribution >= 4 is 0 Å². The Kier molecular flexibility index (Phi) is 21.8. The van der Waals surface area contributed by atoms with Crippen molar-refractivity contribution in [2.45, 2.75) is 60.3 Å². The summed E-state index contributed by atoms with van der Waals surface area (Å²) in [7, 11) is 0. The SMILES string of the molecule is C#CCCc1nc(C)no1.CC.CC#CCCc1nc(C)no1.[W].[W]. The van der Waals surface area contributed by atoms with Gasteiger partial charge in [0.1, 0.15) is 0 Å². The summed E-state index contributed by atoms with van der Waals surface area (Å²) in [4.78, 5) is 8.01. The molecule has 0 spiro atoms. The molecule has 0 atom stereocenters. The van der Waals surface area contributed by atoms with Crippen LogP contribution in [0.15, 0.2) is 9.05 Å². The first-order valence-electron chi connectivity index (χ1n) is 7.57. The normalized spacial score (nSPS) is 7.84. The van der Waals surface area contributed by atoms with E-state index < -0.39 is 0 Å². The fourth-order valence-corrected chi connectivity index (χ4v) is 1.36. The number of aromatic nitrogens is 4. The van der Waals surface area contributed by atoms with E-state index in [-0.39, 0.29) is 42.1 Å². The van der Waals surface area contributed by atoms with E-state index in [0.717, 1.165) is 12.8 Å². The van der Waals surface area contributed by atoms with Crippen molar-refractivity contribution in [1.29, 1.82) is 0 Å². The zero-order valence-corrected chi connectivity index (χ0v) is 21.2. The van der Waals surface area contributed by atoms with Gasteiger partial charge in [-0.1, -0.05) is 24.2 Å². The Labute approximate surface area is 178 Å². The van der Waals surface area contributed by atoms with Crippen LogP contribution < -0.4 is 0 Å². The molecule has 0 aliphatic heterocycles. The quantitative estimate of drug-likeness (QED) is 0.461. The molecule has 2 rings (SSSR count). The largest absolute Gasteiger partial charge is 0.339 e. The van der Waals surface area contributed by atoms with Gasteiger partial charge in [-0.2, -0.15) is 9.97 Å². The zero-order chi connectivity index (χ0) is 17.5. The molecule has 0 bridgehead atoms. The Hall–Kier alpha value is -1.22. The predicted molar refractivity (Wildman–Crippen MR) is 88.3 cm³/mol. The van der Waals surface area contributed by atoms with Crippen molar-refractivity contribution in [3.8, 4) is 24.2 Å². The van der Waals surface area contributed by atoms with Crippen LogP contribution in [0.5, 0.6) is 0 Å². The van der Waals surface area contributed by atoms with Gasteiger partial charge in [0.25, 0.3) is 0 Å². The van der Waals surface area contributed by atoms with E-state index in [2.05, 4.69) is 38.0 Å². The van der Waals surface area contributed by atoms with Gasteiger partial charge >= 0.3 is 0 Å². The molecule has 0 aliphatic carbocycles. The van der Waals surface area contributed by atoms with Crippen LogP contribution in [0.4, 0.5) is 0 Å². The second-order valence-corrected chi connectivity index (χ2v) is 4.10. The summed E-state index contributed by atoms with van der Waals surface area (Å²) < 4.78 is 9.69. The first-order valence-corrected chi connectivity index (χ1v) is 7.57. The number of hydrogen-bond donors (Lipinski definition) is 0. The molecule has 136 valence electrons. The maximum absolute atomic E-state index is 5.04. The summed E-state index contributed by atoms with van der Waals surface area (Å²) >= 11 is 0. The van der Waals surface area contributed by atoms with Crippen molar-refractivity contribution < 1.29 is 51.2 Å². The van der Waals surface area contributed by atoms with Gasteiger partial charge in [-0.05, 0) is 20.8 Å². The number of terminal acetylenes is 1. The van der Waals surface area contributed by atoms with E-state index >= 15 is 0 Å². The van der Waals surface area contributed by atoms with Gasteiger partial charge in [-0.25, -0.2) is 0 Å². The van der Waals surface area contributed by atoms with E-state index in [4.69, 9.17) is 15.5 Å². The smallest absolute Gasteiger partial charge is 0.227 e. The summed E-state index contributed by atoms with van der Waals surface area (Å²) in [5, 5.41) is 7.28. The summed E-state index contributed by atoms with van der Waals surface area (Å²) in [5.41, 5.74) is 0. The Morgan fingerprint density at radius 3 is 1.64 bits per heavy atom. The minimum Gasteiger partial charge on any atom is -0.339 e. The predicted octanol–water partition coefficient (Wildman–Crippen LogP) is 3.30. The summed E-state index contributed by atoms with van der Waals surface area (Å²) in [6, 6.07) is 0. The summed E-state index contributed by atoms with van der Waals surface area (Å²) in [6.07, 6.45) is 7.92. The molecule has 6 nitrogen and oxygen atoms in total. The van der Waals surface area contributed by atoms with E-state index in [1.165, 1.54) is 0 Å². The van der Waals surface area contributed by atoms with Gasteiger partial charge in [0.05, 0.1) is 0 Å². The van der Waals surface area contributed by atoms with Crippen LogP contribution in [0.2, 0.25) is 0 Å². The monoisotopic (exact) mass is 684 g/mol. The average Bonchev–Trinajstić information content (AvgIpc) is 3.17. The molecular weight excluding hydrogens is 660 g/mol. The van der Waals surface area contributed by atoms with Crippen LogP contribution in [0.3, 0.4) is 0 Å². The van der Waals surface area contributed by atoms with Crippen LogP contribution in [0, 0.1) is 38.0 Å². The van der Waals surface area contributed by atoms with Crippen LogP contribution in [-0.2, 0) is 55.0 Å². The average molecular weight is 684 g/mol. The number of aryl methyl sites for hydroxylation is 4. The maximum atomic E-state index is 5.04. The number of rotatable bonds is 4. The molecule has 2 heterocycles. The van der Waals surface area contributed by atoms with E-state index in [1.807, 2.05) is 20.8 Å². The van der Waals surface area contributed by atoms with E-state index in [0.29, 0.717) is 36.3 Å². The molecule has 0 unspecified atom stereocenters. The van der Waals surface area contributed by atoms with Gasteiger partial charge < -0.3 is 9.05 Å². The summed E-state index contributed by atoms with van der Waals surface area (Å²) in [5.74, 6) is 10.9. The van der Waals surface area contributed by atoms with E-state index in [9.17, 15) is 0 Å². The first kappa shape index (κ1) is 28.6. The fourth-order valence-electron chi connectivity index (χ4n) is 1.36. The molecule has 0 N–H and O–H groups in total. The molecular formula is C17H24N4O2W2. The molecule has 0 saturated carbocycles. The molecule has 25 heavy (non-hydrogen) atoms. The molecule has 8 heteroatoms. The van der Waals surface area contributed by atoms with Crippen molar-refractivity contribution in [2.24, 2.45) is 0 Å². The zero-order valence-electron chi connectivity index (χ0n) is 15.3. The van der Waals surface area contributed by atoms with Gasteiger partial charge in [0.15, 0.2) is 11.6 Å². The minimum absolute atomic E-state index is 0. The van der Waals surface area contributed by atoms with Crippen molar-refractivity contribution in [1.82, 2.24) is 20.3 Å². The summed E-state index contributed by atoms with van der Waals surface area (Å²) in [6.45, 7) is 9.40. The third-order valence-corrected chi connectivity index (χ3v) is 2.26. The van der Waals surface area contributed by atoms with Crippen LogP contribution in [-0.4, -0.2) is 20.3 Å².